The predicted molar refractivity (Wildman–Crippen MR) is 69.2 cm³/mol. The highest BCUT2D eigenvalue weighted by Crippen LogP contribution is 2.32. The largest absolute Gasteiger partial charge is 0.326 e. The van der Waals surface area contributed by atoms with Crippen LogP contribution in [0.3, 0.4) is 0 Å². The molecule has 1 aromatic rings. The van der Waals surface area contributed by atoms with E-state index in [1.54, 1.807) is 0 Å². The van der Waals surface area contributed by atoms with Crippen LogP contribution in [0.2, 0.25) is 5.02 Å². The van der Waals surface area contributed by atoms with Crippen LogP contribution in [0.15, 0.2) is 22.0 Å². The summed E-state index contributed by atoms with van der Waals surface area (Å²) in [5, 5.41) is -0.116. The Kier molecular flexibility index (Phi) is 3.29. The fourth-order valence-corrected chi connectivity index (χ4v) is 3.86. The van der Waals surface area contributed by atoms with Gasteiger partial charge in [0, 0.05) is 19.3 Å². The van der Waals surface area contributed by atoms with Crippen molar-refractivity contribution in [1.29, 1.82) is 0 Å². The topological polar surface area (TPSA) is 70.2 Å². The molecule has 0 radical (unpaired) electrons. The molecule has 0 amide bonds. The van der Waals surface area contributed by atoms with Crippen molar-refractivity contribution in [2.45, 2.75) is 25.2 Å². The lowest BCUT2D eigenvalue weighted by Crippen LogP contribution is -2.30. The zero-order valence-electron chi connectivity index (χ0n) is 10.2. The number of nitrogens with zero attached hydrogens (tertiary/aromatic N) is 1. The first-order valence-electron chi connectivity index (χ1n) is 5.61. The highest BCUT2D eigenvalue weighted by atomic mass is 35.5. The Morgan fingerprint density at radius 3 is 2.61 bits per heavy atom. The molecule has 1 N–H and O–H groups in total. The summed E-state index contributed by atoms with van der Waals surface area (Å²) in [6.07, 6.45) is 2.01. The Morgan fingerprint density at radius 2 is 2.11 bits per heavy atom. The van der Waals surface area contributed by atoms with Crippen molar-refractivity contribution in [3.8, 4) is 0 Å². The minimum Gasteiger partial charge on any atom is -0.326 e. The first kappa shape index (κ1) is 13.6. The molecule has 0 atom stereocenters. The predicted octanol–water partition coefficient (Wildman–Crippen LogP) is 1.45. The van der Waals surface area contributed by atoms with Crippen LogP contribution in [-0.4, -0.2) is 30.8 Å². The van der Waals surface area contributed by atoms with Gasteiger partial charge in [-0.05, 0) is 17.9 Å². The lowest BCUT2D eigenvalue weighted by Gasteiger charge is -2.19. The Balaban J connectivity index is 2.37. The van der Waals surface area contributed by atoms with E-state index >= 15 is 0 Å². The number of aromatic nitrogens is 1. The zero-order valence-corrected chi connectivity index (χ0v) is 11.8. The molecule has 18 heavy (non-hydrogen) atoms. The number of hydrogen-bond donors (Lipinski definition) is 1. The van der Waals surface area contributed by atoms with Gasteiger partial charge >= 0.3 is 0 Å². The molecule has 0 unspecified atom stereocenters. The third-order valence-corrected chi connectivity index (χ3v) is 5.22. The molecule has 0 aromatic carbocycles. The summed E-state index contributed by atoms with van der Waals surface area (Å²) >= 11 is 5.66. The van der Waals surface area contributed by atoms with E-state index in [4.69, 9.17) is 11.6 Å². The second-order valence-corrected chi connectivity index (χ2v) is 7.61. The molecule has 2 heterocycles. The van der Waals surface area contributed by atoms with Crippen molar-refractivity contribution in [1.82, 2.24) is 9.29 Å². The number of aromatic amines is 1. The maximum absolute atomic E-state index is 12.3. The van der Waals surface area contributed by atoms with Gasteiger partial charge in [0.05, 0.1) is 4.90 Å². The van der Waals surface area contributed by atoms with Crippen molar-refractivity contribution < 1.29 is 8.42 Å². The van der Waals surface area contributed by atoms with E-state index < -0.39 is 15.6 Å². The van der Waals surface area contributed by atoms with Gasteiger partial charge in [0.15, 0.2) is 0 Å². The lowest BCUT2D eigenvalue weighted by atomic mass is 9.93. The molecule has 7 heteroatoms. The molecular weight excluding hydrogens is 276 g/mol. The van der Waals surface area contributed by atoms with Gasteiger partial charge in [-0.1, -0.05) is 25.4 Å². The minimum absolute atomic E-state index is 0.0148. The summed E-state index contributed by atoms with van der Waals surface area (Å²) in [5.74, 6) is 0. The second kappa shape index (κ2) is 4.36. The van der Waals surface area contributed by atoms with E-state index in [1.165, 1.54) is 16.6 Å². The summed E-state index contributed by atoms with van der Waals surface area (Å²) in [7, 11) is -3.57. The van der Waals surface area contributed by atoms with Gasteiger partial charge in [-0.15, -0.1) is 0 Å². The molecule has 1 aliphatic rings. The molecule has 1 aromatic heterocycles. The number of rotatable bonds is 2. The average molecular weight is 291 g/mol. The monoisotopic (exact) mass is 290 g/mol. The molecule has 0 spiro atoms. The van der Waals surface area contributed by atoms with Crippen molar-refractivity contribution in [3.63, 3.8) is 0 Å². The first-order chi connectivity index (χ1) is 8.22. The third-order valence-electron chi connectivity index (χ3n) is 3.11. The average Bonchev–Trinajstić information content (AvgIpc) is 2.63. The van der Waals surface area contributed by atoms with Gasteiger partial charge in [-0.2, -0.15) is 4.31 Å². The summed E-state index contributed by atoms with van der Waals surface area (Å²) in [4.78, 5) is 13.5. The Labute approximate surface area is 111 Å². The Bertz CT molecular complexity index is 621. The molecule has 5 nitrogen and oxygen atoms in total. The smallest absolute Gasteiger partial charge is 0.266 e. The molecule has 2 rings (SSSR count). The molecule has 1 aliphatic heterocycles. The Morgan fingerprint density at radius 1 is 1.44 bits per heavy atom. The van der Waals surface area contributed by atoms with E-state index in [1.807, 2.05) is 13.8 Å². The van der Waals surface area contributed by atoms with Crippen molar-refractivity contribution in [2.75, 3.05) is 13.1 Å². The maximum Gasteiger partial charge on any atom is 0.266 e. The number of sulfonamides is 1. The van der Waals surface area contributed by atoms with E-state index in [-0.39, 0.29) is 15.3 Å². The molecule has 0 aliphatic carbocycles. The van der Waals surface area contributed by atoms with Crippen LogP contribution < -0.4 is 5.56 Å². The zero-order chi connectivity index (χ0) is 13.6. The van der Waals surface area contributed by atoms with Gasteiger partial charge < -0.3 is 4.98 Å². The molecule has 0 saturated carbocycles. The molecule has 1 saturated heterocycles. The van der Waals surface area contributed by atoms with Gasteiger partial charge in [-0.3, -0.25) is 4.79 Å². The van der Waals surface area contributed by atoms with Crippen LogP contribution in [0.4, 0.5) is 0 Å². The molecule has 1 fully saturated rings. The highest BCUT2D eigenvalue weighted by molar-refractivity contribution is 7.89. The quantitative estimate of drug-likeness (QED) is 0.896. The van der Waals surface area contributed by atoms with Crippen LogP contribution in [-0.2, 0) is 10.0 Å². The molecule has 0 bridgehead atoms. The van der Waals surface area contributed by atoms with E-state index in [0.717, 1.165) is 6.42 Å². The third kappa shape index (κ3) is 2.46. The van der Waals surface area contributed by atoms with Crippen molar-refractivity contribution in [3.05, 3.63) is 27.6 Å². The van der Waals surface area contributed by atoms with Gasteiger partial charge in [-0.25, -0.2) is 8.42 Å². The van der Waals surface area contributed by atoms with Gasteiger partial charge in [0.1, 0.15) is 5.02 Å². The van der Waals surface area contributed by atoms with Crippen LogP contribution >= 0.6 is 11.6 Å². The number of H-pyrrole nitrogens is 1. The van der Waals surface area contributed by atoms with Crippen molar-refractivity contribution in [2.24, 2.45) is 5.41 Å². The summed E-state index contributed by atoms with van der Waals surface area (Å²) in [6.45, 7) is 5.03. The van der Waals surface area contributed by atoms with Crippen LogP contribution in [0.1, 0.15) is 20.3 Å². The normalized spacial score (nSPS) is 20.2. The summed E-state index contributed by atoms with van der Waals surface area (Å²) < 4.78 is 26.1. The standard InChI is InChI=1S/C11H15ClN2O3S/c1-11(2)3-4-14(7-11)18(16,17)8-5-9(12)10(15)13-6-8/h5-6H,3-4,7H2,1-2H3,(H,13,15). The highest BCUT2D eigenvalue weighted by Gasteiger charge is 2.37. The SMILES string of the molecule is CC1(C)CCN(S(=O)(=O)c2c[nH]c(=O)c(Cl)c2)C1. The van der Waals surface area contributed by atoms with Crippen molar-refractivity contribution >= 4 is 21.6 Å². The summed E-state index contributed by atoms with van der Waals surface area (Å²) in [5.41, 5.74) is -0.503. The number of nitrogens with one attached hydrogen (secondary N) is 1. The number of pyridine rings is 1. The second-order valence-electron chi connectivity index (χ2n) is 5.27. The molecule has 100 valence electrons. The number of hydrogen-bond acceptors (Lipinski definition) is 3. The van der Waals surface area contributed by atoms with E-state index in [2.05, 4.69) is 4.98 Å². The first-order valence-corrected chi connectivity index (χ1v) is 7.43. The lowest BCUT2D eigenvalue weighted by molar-refractivity contribution is 0.375. The van der Waals surface area contributed by atoms with Gasteiger partial charge in [0.2, 0.25) is 10.0 Å². The van der Waals surface area contributed by atoms with E-state index in [9.17, 15) is 13.2 Å². The maximum atomic E-state index is 12.3. The number of halogens is 1. The Hall–Kier alpha value is -0.850. The fraction of sp³-hybridized carbons (Fsp3) is 0.545. The van der Waals surface area contributed by atoms with Crippen LogP contribution in [0, 0.1) is 5.41 Å². The minimum atomic E-state index is -3.57. The van der Waals surface area contributed by atoms with Crippen LogP contribution in [0.25, 0.3) is 0 Å². The fourth-order valence-electron chi connectivity index (χ4n) is 2.00. The van der Waals surface area contributed by atoms with E-state index in [0.29, 0.717) is 13.1 Å². The van der Waals surface area contributed by atoms with Gasteiger partial charge in [0.25, 0.3) is 5.56 Å². The molecular formula is C11H15ClN2O3S. The van der Waals surface area contributed by atoms with Crippen LogP contribution in [0.5, 0.6) is 0 Å². The summed E-state index contributed by atoms with van der Waals surface area (Å²) in [6, 6.07) is 1.20.